The normalized spacial score (nSPS) is 14.1. The second kappa shape index (κ2) is 7.57. The fraction of sp³-hybridized carbons (Fsp3) is 0.556. The molecule has 0 atom stereocenters. The molecule has 8 heteroatoms. The van der Waals surface area contributed by atoms with Crippen LogP contribution in [0.4, 0.5) is 5.82 Å². The Labute approximate surface area is 157 Å². The summed E-state index contributed by atoms with van der Waals surface area (Å²) in [6, 6.07) is 0. The lowest BCUT2D eigenvalue weighted by Crippen LogP contribution is -2.37. The minimum absolute atomic E-state index is 0.105. The van der Waals surface area contributed by atoms with Crippen LogP contribution in [0.5, 0.6) is 0 Å². The van der Waals surface area contributed by atoms with Crippen LogP contribution < -0.4 is 4.90 Å². The van der Waals surface area contributed by atoms with Crippen LogP contribution in [0.25, 0.3) is 10.2 Å². The van der Waals surface area contributed by atoms with Crippen LogP contribution in [0.2, 0.25) is 0 Å². The van der Waals surface area contributed by atoms with Crippen molar-refractivity contribution in [3.05, 3.63) is 16.3 Å². The second-order valence-electron chi connectivity index (χ2n) is 6.50. The van der Waals surface area contributed by atoms with Crippen molar-refractivity contribution in [2.45, 2.75) is 33.6 Å². The molecular formula is C18H24N4O3S. The Hall–Kier alpha value is -2.22. The summed E-state index contributed by atoms with van der Waals surface area (Å²) in [5.74, 6) is 1.06. The van der Waals surface area contributed by atoms with E-state index in [1.54, 1.807) is 6.92 Å². The Morgan fingerprint density at radius 1 is 1.23 bits per heavy atom. The predicted molar refractivity (Wildman–Crippen MR) is 102 cm³/mol. The van der Waals surface area contributed by atoms with E-state index in [1.165, 1.54) is 11.3 Å². The van der Waals surface area contributed by atoms with Gasteiger partial charge in [-0.15, -0.1) is 11.3 Å². The maximum atomic E-state index is 12.5. The Morgan fingerprint density at radius 2 is 1.92 bits per heavy atom. The number of likely N-dealkylation sites (tertiary alicyclic amines) is 1. The molecule has 2 aromatic rings. The van der Waals surface area contributed by atoms with Gasteiger partial charge in [-0.05, 0) is 39.2 Å². The van der Waals surface area contributed by atoms with Crippen molar-refractivity contribution in [1.82, 2.24) is 14.9 Å². The summed E-state index contributed by atoms with van der Waals surface area (Å²) in [4.78, 5) is 38.8. The number of anilines is 1. The molecule has 0 unspecified atom stereocenters. The van der Waals surface area contributed by atoms with Crippen LogP contribution in [0.3, 0.4) is 0 Å². The minimum Gasteiger partial charge on any atom is -0.462 e. The molecule has 0 bridgehead atoms. The van der Waals surface area contributed by atoms with Gasteiger partial charge in [0.2, 0.25) is 5.91 Å². The minimum atomic E-state index is -0.340. The molecule has 1 aliphatic heterocycles. The number of rotatable bonds is 5. The van der Waals surface area contributed by atoms with Gasteiger partial charge in [0.25, 0.3) is 0 Å². The van der Waals surface area contributed by atoms with E-state index in [9.17, 15) is 9.59 Å². The van der Waals surface area contributed by atoms with Gasteiger partial charge in [-0.3, -0.25) is 4.79 Å². The van der Waals surface area contributed by atoms with E-state index in [-0.39, 0.29) is 18.4 Å². The van der Waals surface area contributed by atoms with Gasteiger partial charge in [0.1, 0.15) is 21.3 Å². The number of hydrogen-bond donors (Lipinski definition) is 0. The molecule has 0 spiro atoms. The number of amides is 1. The molecule has 26 heavy (non-hydrogen) atoms. The molecule has 0 aliphatic carbocycles. The average Bonchev–Trinajstić information content (AvgIpc) is 3.23. The fourth-order valence-corrected chi connectivity index (χ4v) is 4.35. The lowest BCUT2D eigenvalue weighted by atomic mass is 10.2. The molecule has 1 amide bonds. The van der Waals surface area contributed by atoms with Crippen LogP contribution in [0.15, 0.2) is 0 Å². The van der Waals surface area contributed by atoms with Crippen LogP contribution >= 0.6 is 11.3 Å². The van der Waals surface area contributed by atoms with Gasteiger partial charge in [-0.2, -0.15) is 0 Å². The maximum Gasteiger partial charge on any atom is 0.348 e. The molecule has 1 saturated heterocycles. The van der Waals surface area contributed by atoms with E-state index < -0.39 is 0 Å². The van der Waals surface area contributed by atoms with Gasteiger partial charge in [0, 0.05) is 20.1 Å². The molecule has 0 saturated carbocycles. The number of nitrogens with zero attached hydrogens (tertiary/aromatic N) is 4. The Morgan fingerprint density at radius 3 is 2.58 bits per heavy atom. The molecule has 140 valence electrons. The van der Waals surface area contributed by atoms with E-state index in [0.717, 1.165) is 41.7 Å². The molecule has 0 radical (unpaired) electrons. The highest BCUT2D eigenvalue weighted by atomic mass is 32.1. The fourth-order valence-electron chi connectivity index (χ4n) is 3.23. The number of carbonyl (C=O) groups is 2. The Balaban J connectivity index is 1.96. The first kappa shape index (κ1) is 18.6. The van der Waals surface area contributed by atoms with Crippen molar-refractivity contribution < 1.29 is 14.3 Å². The van der Waals surface area contributed by atoms with E-state index in [4.69, 9.17) is 4.74 Å². The van der Waals surface area contributed by atoms with Crippen LogP contribution in [-0.4, -0.2) is 60.0 Å². The van der Waals surface area contributed by atoms with E-state index in [0.29, 0.717) is 23.1 Å². The number of ether oxygens (including phenoxy) is 1. The van der Waals surface area contributed by atoms with Crippen molar-refractivity contribution in [2.24, 2.45) is 0 Å². The summed E-state index contributed by atoms with van der Waals surface area (Å²) in [6.07, 6.45) is 2.14. The van der Waals surface area contributed by atoms with Gasteiger partial charge >= 0.3 is 5.97 Å². The van der Waals surface area contributed by atoms with Gasteiger partial charge in [0.05, 0.1) is 18.5 Å². The van der Waals surface area contributed by atoms with Crippen LogP contribution in [0.1, 0.15) is 40.8 Å². The highest BCUT2D eigenvalue weighted by Gasteiger charge is 2.24. The third-order valence-corrected chi connectivity index (χ3v) is 5.70. The van der Waals surface area contributed by atoms with E-state index in [2.05, 4.69) is 9.97 Å². The van der Waals surface area contributed by atoms with Gasteiger partial charge in [-0.1, -0.05) is 0 Å². The largest absolute Gasteiger partial charge is 0.462 e. The monoisotopic (exact) mass is 376 g/mol. The zero-order valence-corrected chi connectivity index (χ0v) is 16.5. The lowest BCUT2D eigenvalue weighted by Gasteiger charge is -2.23. The molecule has 7 nitrogen and oxygen atoms in total. The summed E-state index contributed by atoms with van der Waals surface area (Å²) < 4.78 is 5.15. The summed E-state index contributed by atoms with van der Waals surface area (Å²) in [5, 5.41) is 0.820. The van der Waals surface area contributed by atoms with Crippen molar-refractivity contribution >= 4 is 39.2 Å². The number of thiophene rings is 1. The van der Waals surface area contributed by atoms with Crippen LogP contribution in [-0.2, 0) is 9.53 Å². The Kier molecular flexibility index (Phi) is 5.41. The first-order valence-electron chi connectivity index (χ1n) is 8.86. The molecule has 1 fully saturated rings. The number of aromatic nitrogens is 2. The van der Waals surface area contributed by atoms with Gasteiger partial charge in [-0.25, -0.2) is 14.8 Å². The molecule has 0 aromatic carbocycles. The predicted octanol–water partition coefficient (Wildman–Crippen LogP) is 2.54. The molecule has 2 aromatic heterocycles. The van der Waals surface area contributed by atoms with Crippen molar-refractivity contribution in [3.8, 4) is 0 Å². The number of carbonyl (C=O) groups excluding carboxylic acids is 2. The van der Waals surface area contributed by atoms with Crippen molar-refractivity contribution in [2.75, 3.05) is 38.2 Å². The third-order valence-electron chi connectivity index (χ3n) is 4.54. The summed E-state index contributed by atoms with van der Waals surface area (Å²) in [6.45, 7) is 7.73. The van der Waals surface area contributed by atoms with Crippen molar-refractivity contribution in [3.63, 3.8) is 0 Å². The number of fused-ring (bicyclic) bond motifs is 1. The number of esters is 1. The maximum absolute atomic E-state index is 12.5. The number of likely N-dealkylation sites (N-methyl/N-ethyl adjacent to an activating group) is 1. The molecule has 1 aliphatic rings. The summed E-state index contributed by atoms with van der Waals surface area (Å²) >= 11 is 1.31. The highest BCUT2D eigenvalue weighted by Crippen LogP contribution is 2.35. The number of hydrogen-bond acceptors (Lipinski definition) is 7. The standard InChI is InChI=1S/C18H24N4O3S/c1-5-25-18(24)15-11(2)14-16(19-12(3)20-17(14)26-15)21(4)10-13(23)22-8-6-7-9-22/h5-10H2,1-4H3. The molecule has 3 rings (SSSR count). The van der Waals surface area contributed by atoms with E-state index >= 15 is 0 Å². The molecule has 0 N–H and O–H groups in total. The Bertz CT molecular complexity index is 843. The summed E-state index contributed by atoms with van der Waals surface area (Å²) in [5.41, 5.74) is 0.805. The average molecular weight is 376 g/mol. The van der Waals surface area contributed by atoms with Gasteiger partial charge in [0.15, 0.2) is 0 Å². The molecular weight excluding hydrogens is 352 g/mol. The zero-order chi connectivity index (χ0) is 18.8. The third kappa shape index (κ3) is 3.51. The van der Waals surface area contributed by atoms with Gasteiger partial charge < -0.3 is 14.5 Å². The first-order valence-corrected chi connectivity index (χ1v) is 9.67. The zero-order valence-electron chi connectivity index (χ0n) is 15.7. The summed E-state index contributed by atoms with van der Waals surface area (Å²) in [7, 11) is 1.86. The van der Waals surface area contributed by atoms with E-state index in [1.807, 2.05) is 30.7 Å². The second-order valence-corrected chi connectivity index (χ2v) is 7.49. The highest BCUT2D eigenvalue weighted by molar-refractivity contribution is 7.20. The van der Waals surface area contributed by atoms with Crippen LogP contribution in [0, 0.1) is 13.8 Å². The first-order chi connectivity index (χ1) is 12.4. The quantitative estimate of drug-likeness (QED) is 0.747. The SMILES string of the molecule is CCOC(=O)c1sc2nc(C)nc(N(C)CC(=O)N3CCCC3)c2c1C. The number of aryl methyl sites for hydroxylation is 2. The smallest absolute Gasteiger partial charge is 0.348 e. The lowest BCUT2D eigenvalue weighted by molar-refractivity contribution is -0.128. The topological polar surface area (TPSA) is 75.6 Å². The van der Waals surface area contributed by atoms with Crippen molar-refractivity contribution in [1.29, 1.82) is 0 Å². The molecule has 3 heterocycles.